The van der Waals surface area contributed by atoms with E-state index in [0.717, 1.165) is 36.0 Å². The first kappa shape index (κ1) is 25.9. The minimum absolute atomic E-state index is 0.222. The smallest absolute Gasteiger partial charge is 0.143 e. The van der Waals surface area contributed by atoms with Gasteiger partial charge in [0.25, 0.3) is 0 Å². The van der Waals surface area contributed by atoms with Gasteiger partial charge in [-0.25, -0.2) is 0 Å². The van der Waals surface area contributed by atoms with Crippen molar-refractivity contribution in [1.29, 1.82) is 0 Å². The van der Waals surface area contributed by atoms with Crippen LogP contribution in [0.3, 0.4) is 0 Å². The Balaban J connectivity index is 1.86. The predicted octanol–water partition coefficient (Wildman–Crippen LogP) is 7.76. The highest BCUT2D eigenvalue weighted by Gasteiger charge is 2.37. The molecule has 3 aromatic rings. The molecule has 2 heteroatoms. The molecular formula is C32H40O2. The number of aliphatic hydroxyl groups excluding tert-OH is 1. The summed E-state index contributed by atoms with van der Waals surface area (Å²) in [5, 5.41) is 11.1. The minimum Gasteiger partial charge on any atom is -0.393 e. The van der Waals surface area contributed by atoms with Crippen molar-refractivity contribution in [3.63, 3.8) is 0 Å². The van der Waals surface area contributed by atoms with Crippen LogP contribution in [-0.4, -0.2) is 17.8 Å². The molecule has 0 aromatic heterocycles. The highest BCUT2D eigenvalue weighted by atomic mass is 16.5. The molecule has 3 rings (SSSR count). The highest BCUT2D eigenvalue weighted by molar-refractivity contribution is 5.47. The summed E-state index contributed by atoms with van der Waals surface area (Å²) in [4.78, 5) is 0. The lowest BCUT2D eigenvalue weighted by Gasteiger charge is -2.36. The van der Waals surface area contributed by atoms with E-state index in [1.54, 1.807) is 0 Å². The quantitative estimate of drug-likeness (QED) is 0.198. The highest BCUT2D eigenvalue weighted by Crippen LogP contribution is 2.40. The second-order valence-corrected chi connectivity index (χ2v) is 9.59. The van der Waals surface area contributed by atoms with Gasteiger partial charge in [0, 0.05) is 0 Å². The molecule has 0 fully saturated rings. The van der Waals surface area contributed by atoms with Crippen molar-refractivity contribution < 1.29 is 9.84 Å². The Bertz CT molecular complexity index is 853. The molecule has 180 valence electrons. The summed E-state index contributed by atoms with van der Waals surface area (Å²) in [5.41, 5.74) is 2.51. The van der Waals surface area contributed by atoms with Crippen molar-refractivity contribution in [2.24, 2.45) is 11.8 Å². The zero-order valence-corrected chi connectivity index (χ0v) is 20.8. The van der Waals surface area contributed by atoms with Gasteiger partial charge in [-0.3, -0.25) is 0 Å². The van der Waals surface area contributed by atoms with Crippen LogP contribution < -0.4 is 0 Å². The standard InChI is InChI=1S/C32H40O2/c1-4-15-27(17-14-16-26(2)3)31(33)24-25-34-32(28-18-8-5-9-19-28,29-20-10-6-11-21-29)30-22-12-7-13-23-30/h4-13,18-23,26-27,31,33H,1,14-17,24-25H2,2-3H3/t27-,31+/m1/s1. The molecule has 34 heavy (non-hydrogen) atoms. The van der Waals surface area contributed by atoms with Gasteiger partial charge < -0.3 is 9.84 Å². The van der Waals surface area contributed by atoms with Crippen molar-refractivity contribution in [2.45, 2.75) is 57.7 Å². The van der Waals surface area contributed by atoms with Crippen LogP contribution in [0.15, 0.2) is 104 Å². The van der Waals surface area contributed by atoms with Crippen LogP contribution in [0.5, 0.6) is 0 Å². The normalized spacial score (nSPS) is 13.5. The van der Waals surface area contributed by atoms with Gasteiger partial charge in [-0.15, -0.1) is 6.58 Å². The van der Waals surface area contributed by atoms with Gasteiger partial charge in [0.05, 0.1) is 12.7 Å². The van der Waals surface area contributed by atoms with E-state index in [9.17, 15) is 5.11 Å². The van der Waals surface area contributed by atoms with Crippen molar-refractivity contribution in [3.8, 4) is 0 Å². The predicted molar refractivity (Wildman–Crippen MR) is 143 cm³/mol. The van der Waals surface area contributed by atoms with Gasteiger partial charge in [0.1, 0.15) is 5.60 Å². The van der Waals surface area contributed by atoms with Crippen LogP contribution >= 0.6 is 0 Å². The van der Waals surface area contributed by atoms with Crippen LogP contribution in [0.4, 0.5) is 0 Å². The molecule has 0 saturated heterocycles. The summed E-state index contributed by atoms with van der Waals surface area (Å²) in [6, 6.07) is 31.2. The second kappa shape index (κ2) is 13.3. The number of allylic oxidation sites excluding steroid dienone is 1. The molecule has 1 N–H and O–H groups in total. The van der Waals surface area contributed by atoms with Gasteiger partial charge >= 0.3 is 0 Å². The fourth-order valence-electron chi connectivity index (χ4n) is 4.81. The summed E-state index contributed by atoms with van der Waals surface area (Å²) in [7, 11) is 0. The van der Waals surface area contributed by atoms with E-state index in [-0.39, 0.29) is 5.92 Å². The largest absolute Gasteiger partial charge is 0.393 e. The van der Waals surface area contributed by atoms with E-state index in [2.05, 4.69) is 93.2 Å². The lowest BCUT2D eigenvalue weighted by Crippen LogP contribution is -2.34. The molecule has 0 aliphatic heterocycles. The molecular weight excluding hydrogens is 416 g/mol. The zero-order chi connectivity index (χ0) is 24.2. The van der Waals surface area contributed by atoms with Crippen molar-refractivity contribution in [2.75, 3.05) is 6.61 Å². The van der Waals surface area contributed by atoms with Crippen molar-refractivity contribution >= 4 is 0 Å². The molecule has 0 spiro atoms. The number of hydrogen-bond donors (Lipinski definition) is 1. The summed E-state index contributed by atoms with van der Waals surface area (Å²) < 4.78 is 6.84. The second-order valence-electron chi connectivity index (χ2n) is 9.59. The fraction of sp³-hybridized carbons (Fsp3) is 0.375. The van der Waals surface area contributed by atoms with Crippen LogP contribution in [0, 0.1) is 11.8 Å². The number of benzene rings is 3. The fourth-order valence-corrected chi connectivity index (χ4v) is 4.81. The Morgan fingerprint density at radius 1 is 0.765 bits per heavy atom. The summed E-state index contributed by atoms with van der Waals surface area (Å²) >= 11 is 0. The maximum atomic E-state index is 11.1. The maximum Gasteiger partial charge on any atom is 0.143 e. The topological polar surface area (TPSA) is 29.5 Å². The zero-order valence-electron chi connectivity index (χ0n) is 20.8. The molecule has 0 heterocycles. The van der Waals surface area contributed by atoms with E-state index in [1.807, 2.05) is 24.3 Å². The first-order valence-electron chi connectivity index (χ1n) is 12.7. The maximum absolute atomic E-state index is 11.1. The molecule has 0 radical (unpaired) electrons. The lowest BCUT2D eigenvalue weighted by atomic mass is 9.80. The van der Waals surface area contributed by atoms with E-state index in [4.69, 9.17) is 4.74 Å². The SMILES string of the molecule is C=CC[C@H](CCCC(C)C)[C@@H](O)CCOC(c1ccccc1)(c1ccccc1)c1ccccc1. The first-order chi connectivity index (χ1) is 16.6. The minimum atomic E-state index is -0.741. The van der Waals surface area contributed by atoms with Gasteiger partial charge in [-0.05, 0) is 47.8 Å². The van der Waals surface area contributed by atoms with E-state index in [0.29, 0.717) is 18.9 Å². The molecule has 0 bridgehead atoms. The van der Waals surface area contributed by atoms with Crippen LogP contribution in [-0.2, 0) is 10.3 Å². The Morgan fingerprint density at radius 2 is 1.24 bits per heavy atom. The number of hydrogen-bond acceptors (Lipinski definition) is 2. The number of aliphatic hydroxyl groups is 1. The van der Waals surface area contributed by atoms with Gasteiger partial charge in [-0.1, -0.05) is 124 Å². The number of ether oxygens (including phenoxy) is 1. The first-order valence-corrected chi connectivity index (χ1v) is 12.7. The van der Waals surface area contributed by atoms with E-state index >= 15 is 0 Å². The summed E-state index contributed by atoms with van der Waals surface area (Å²) in [5.74, 6) is 0.910. The average Bonchev–Trinajstić information content (AvgIpc) is 2.87. The lowest BCUT2D eigenvalue weighted by molar-refractivity contribution is -0.0156. The summed E-state index contributed by atoms with van der Waals surface area (Å²) in [6.45, 7) is 8.88. The van der Waals surface area contributed by atoms with Crippen molar-refractivity contribution in [3.05, 3.63) is 120 Å². The third-order valence-electron chi connectivity index (χ3n) is 6.64. The summed E-state index contributed by atoms with van der Waals surface area (Å²) in [6.07, 6.45) is 6.30. The van der Waals surface area contributed by atoms with Gasteiger partial charge in [0.15, 0.2) is 0 Å². The molecule has 2 nitrogen and oxygen atoms in total. The van der Waals surface area contributed by atoms with E-state index in [1.165, 1.54) is 6.42 Å². The van der Waals surface area contributed by atoms with Gasteiger partial charge in [0.2, 0.25) is 0 Å². The number of rotatable bonds is 14. The monoisotopic (exact) mass is 456 g/mol. The molecule has 0 saturated carbocycles. The average molecular weight is 457 g/mol. The Morgan fingerprint density at radius 3 is 1.65 bits per heavy atom. The molecule has 3 aromatic carbocycles. The van der Waals surface area contributed by atoms with Crippen molar-refractivity contribution in [1.82, 2.24) is 0 Å². The van der Waals surface area contributed by atoms with Gasteiger partial charge in [-0.2, -0.15) is 0 Å². The molecule has 0 unspecified atom stereocenters. The van der Waals surface area contributed by atoms with Crippen LogP contribution in [0.25, 0.3) is 0 Å². The van der Waals surface area contributed by atoms with E-state index < -0.39 is 11.7 Å². The van der Waals surface area contributed by atoms with Crippen LogP contribution in [0.1, 0.15) is 62.6 Å². The molecule has 2 atom stereocenters. The Hall–Kier alpha value is -2.68. The molecule has 0 aliphatic carbocycles. The molecule has 0 aliphatic rings. The Kier molecular flexibility index (Phi) is 10.1. The third-order valence-corrected chi connectivity index (χ3v) is 6.64. The van der Waals surface area contributed by atoms with Crippen LogP contribution in [0.2, 0.25) is 0 Å². The third kappa shape index (κ3) is 6.68. The molecule has 0 amide bonds. The Labute approximate surface area is 206 Å².